The molecule has 0 atom stereocenters. The smallest absolute Gasteiger partial charge is 0.346 e. The zero-order valence-corrected chi connectivity index (χ0v) is 18.3. The van der Waals surface area contributed by atoms with E-state index >= 15 is 0 Å². The van der Waals surface area contributed by atoms with Gasteiger partial charge in [0.05, 0.1) is 16.8 Å². The van der Waals surface area contributed by atoms with Crippen LogP contribution in [0, 0.1) is 0 Å². The molecule has 0 saturated heterocycles. The maximum atomic E-state index is 12.7. The first-order chi connectivity index (χ1) is 16.6. The zero-order chi connectivity index (χ0) is 23.1. The van der Waals surface area contributed by atoms with Crippen LogP contribution < -0.4 is 19.8 Å². The number of esters is 1. The van der Waals surface area contributed by atoms with E-state index in [0.29, 0.717) is 38.6 Å². The number of carbonyl (C=O) groups is 1. The number of fused-ring (bicyclic) bond motifs is 2. The number of benzene rings is 3. The summed E-state index contributed by atoms with van der Waals surface area (Å²) in [5, 5.41) is 3.18. The maximum Gasteiger partial charge on any atom is 0.346 e. The molecule has 1 aliphatic heterocycles. The number of hydrogen-bond donors (Lipinski definition) is 0. The van der Waals surface area contributed by atoms with Gasteiger partial charge in [0.1, 0.15) is 16.3 Å². The third-order valence-electron chi connectivity index (χ3n) is 5.33. The number of carbonyl (C=O) groups excluding carboxylic acids is 1. The van der Waals surface area contributed by atoms with Crippen molar-refractivity contribution in [1.29, 1.82) is 0 Å². The standard InChI is InChI=1S/C26H15NO6S/c28-25(17-7-9-21-23(11-17)31-14-30-21)32-18-8-6-16-10-19(26(29)33-22(16)12-18)24-27-20(13-34-24)15-4-2-1-3-5-15/h1-13H,14H2. The molecule has 34 heavy (non-hydrogen) atoms. The summed E-state index contributed by atoms with van der Waals surface area (Å²) >= 11 is 1.38. The summed E-state index contributed by atoms with van der Waals surface area (Å²) in [5.74, 6) is 0.763. The molecule has 0 fully saturated rings. The first-order valence-corrected chi connectivity index (χ1v) is 11.2. The molecule has 5 aromatic rings. The lowest BCUT2D eigenvalue weighted by Crippen LogP contribution is -2.08. The van der Waals surface area contributed by atoms with Gasteiger partial charge in [0.2, 0.25) is 6.79 Å². The van der Waals surface area contributed by atoms with Crippen molar-refractivity contribution < 1.29 is 23.4 Å². The minimum atomic E-state index is -0.562. The molecule has 0 amide bonds. The highest BCUT2D eigenvalue weighted by Gasteiger charge is 2.18. The molecule has 0 bridgehead atoms. The van der Waals surface area contributed by atoms with E-state index in [9.17, 15) is 9.59 Å². The van der Waals surface area contributed by atoms with Crippen LogP contribution in [0.15, 0.2) is 87.4 Å². The lowest BCUT2D eigenvalue weighted by molar-refractivity contribution is 0.0734. The Labute approximate surface area is 196 Å². The molecule has 0 saturated carbocycles. The normalized spacial score (nSPS) is 12.1. The second-order valence-corrected chi connectivity index (χ2v) is 8.37. The number of thiazole rings is 1. The van der Waals surface area contributed by atoms with Crippen molar-refractivity contribution in [2.45, 2.75) is 0 Å². The fourth-order valence-electron chi connectivity index (χ4n) is 3.63. The Morgan fingerprint density at radius 3 is 2.68 bits per heavy atom. The van der Waals surface area contributed by atoms with E-state index in [1.807, 2.05) is 35.7 Å². The van der Waals surface area contributed by atoms with Gasteiger partial charge in [-0.05, 0) is 36.4 Å². The zero-order valence-electron chi connectivity index (χ0n) is 17.5. The topological polar surface area (TPSA) is 87.9 Å². The first-order valence-electron chi connectivity index (χ1n) is 10.4. The number of hydrogen-bond acceptors (Lipinski definition) is 8. The molecule has 1 aliphatic rings. The van der Waals surface area contributed by atoms with Crippen molar-refractivity contribution in [2.24, 2.45) is 0 Å². The highest BCUT2D eigenvalue weighted by atomic mass is 32.1. The van der Waals surface area contributed by atoms with Crippen molar-refractivity contribution in [3.05, 3.63) is 94.2 Å². The van der Waals surface area contributed by atoms with Gasteiger partial charge in [-0.15, -0.1) is 11.3 Å². The second kappa shape index (κ2) is 8.17. The van der Waals surface area contributed by atoms with Crippen LogP contribution in [-0.4, -0.2) is 17.7 Å². The molecular formula is C26H15NO6S. The van der Waals surface area contributed by atoms with E-state index in [1.165, 1.54) is 17.4 Å². The van der Waals surface area contributed by atoms with Gasteiger partial charge in [-0.25, -0.2) is 14.6 Å². The summed E-state index contributed by atoms with van der Waals surface area (Å²) in [5.41, 5.74) is 2.27. The first kappa shape index (κ1) is 20.2. The van der Waals surface area contributed by atoms with Crippen LogP contribution in [0.4, 0.5) is 0 Å². The largest absolute Gasteiger partial charge is 0.454 e. The van der Waals surface area contributed by atoms with E-state index in [-0.39, 0.29) is 12.5 Å². The van der Waals surface area contributed by atoms with Crippen LogP contribution in [0.1, 0.15) is 10.4 Å². The Bertz CT molecular complexity index is 1610. The van der Waals surface area contributed by atoms with Crippen LogP contribution in [-0.2, 0) is 0 Å². The fourth-order valence-corrected chi connectivity index (χ4v) is 4.46. The lowest BCUT2D eigenvalue weighted by Gasteiger charge is -2.06. The SMILES string of the molecule is O=C(Oc1ccc2cc(-c3nc(-c4ccccc4)cs3)c(=O)oc2c1)c1ccc2c(c1)OCO2. The number of aromatic nitrogens is 1. The molecule has 7 nitrogen and oxygen atoms in total. The summed E-state index contributed by atoms with van der Waals surface area (Å²) in [4.78, 5) is 29.9. The van der Waals surface area contributed by atoms with Crippen LogP contribution in [0.25, 0.3) is 32.8 Å². The Morgan fingerprint density at radius 2 is 1.79 bits per heavy atom. The summed E-state index contributed by atoms with van der Waals surface area (Å²) < 4.78 is 21.6. The molecule has 3 heterocycles. The van der Waals surface area contributed by atoms with Crippen molar-refractivity contribution >= 4 is 28.3 Å². The molecule has 0 radical (unpaired) electrons. The molecule has 0 unspecified atom stereocenters. The Hall–Kier alpha value is -4.43. The predicted molar refractivity (Wildman–Crippen MR) is 127 cm³/mol. The van der Waals surface area contributed by atoms with Crippen LogP contribution in [0.5, 0.6) is 17.2 Å². The minimum absolute atomic E-state index is 0.119. The molecule has 2 aromatic heterocycles. The van der Waals surface area contributed by atoms with Gasteiger partial charge >= 0.3 is 11.6 Å². The Balaban J connectivity index is 1.27. The van der Waals surface area contributed by atoms with Gasteiger partial charge in [0, 0.05) is 22.4 Å². The van der Waals surface area contributed by atoms with Gasteiger partial charge < -0.3 is 18.6 Å². The number of rotatable bonds is 4. The molecule has 0 N–H and O–H groups in total. The van der Waals surface area contributed by atoms with E-state index in [4.69, 9.17) is 18.6 Å². The molecule has 3 aromatic carbocycles. The predicted octanol–water partition coefficient (Wildman–Crippen LogP) is 5.53. The van der Waals surface area contributed by atoms with E-state index in [1.54, 1.807) is 36.4 Å². The number of ether oxygens (including phenoxy) is 3. The Morgan fingerprint density at radius 1 is 0.941 bits per heavy atom. The average molecular weight is 469 g/mol. The van der Waals surface area contributed by atoms with Crippen molar-refractivity contribution in [1.82, 2.24) is 4.98 Å². The molecule has 0 spiro atoms. The van der Waals surface area contributed by atoms with E-state index < -0.39 is 11.6 Å². The van der Waals surface area contributed by atoms with E-state index in [2.05, 4.69) is 4.98 Å². The average Bonchev–Trinajstić information content (AvgIpc) is 3.53. The van der Waals surface area contributed by atoms with Gasteiger partial charge in [-0.3, -0.25) is 0 Å². The van der Waals surface area contributed by atoms with Crippen molar-refractivity contribution in [2.75, 3.05) is 6.79 Å². The summed E-state index contributed by atoms with van der Waals surface area (Å²) in [6, 6.07) is 21.2. The third kappa shape index (κ3) is 3.70. The van der Waals surface area contributed by atoms with Gasteiger partial charge in [-0.2, -0.15) is 0 Å². The summed E-state index contributed by atoms with van der Waals surface area (Å²) in [6.45, 7) is 0.119. The quantitative estimate of drug-likeness (QED) is 0.194. The van der Waals surface area contributed by atoms with Crippen molar-refractivity contribution in [3.63, 3.8) is 0 Å². The minimum Gasteiger partial charge on any atom is -0.454 e. The second-order valence-electron chi connectivity index (χ2n) is 7.51. The van der Waals surface area contributed by atoms with Crippen LogP contribution >= 0.6 is 11.3 Å². The fraction of sp³-hybridized carbons (Fsp3) is 0.0385. The highest BCUT2D eigenvalue weighted by Crippen LogP contribution is 2.33. The summed E-state index contributed by atoms with van der Waals surface area (Å²) in [6.07, 6.45) is 0. The van der Waals surface area contributed by atoms with Gasteiger partial charge in [0.25, 0.3) is 0 Å². The van der Waals surface area contributed by atoms with Gasteiger partial charge in [0.15, 0.2) is 11.5 Å². The van der Waals surface area contributed by atoms with Crippen LogP contribution in [0.3, 0.4) is 0 Å². The monoisotopic (exact) mass is 469 g/mol. The van der Waals surface area contributed by atoms with E-state index in [0.717, 1.165) is 11.3 Å². The highest BCUT2D eigenvalue weighted by molar-refractivity contribution is 7.13. The third-order valence-corrected chi connectivity index (χ3v) is 6.21. The van der Waals surface area contributed by atoms with Crippen LogP contribution in [0.2, 0.25) is 0 Å². The Kier molecular flexibility index (Phi) is 4.85. The summed E-state index contributed by atoms with van der Waals surface area (Å²) in [7, 11) is 0. The maximum absolute atomic E-state index is 12.7. The lowest BCUT2D eigenvalue weighted by atomic mass is 10.1. The van der Waals surface area contributed by atoms with Gasteiger partial charge in [-0.1, -0.05) is 30.3 Å². The number of nitrogens with zero attached hydrogens (tertiary/aromatic N) is 1. The molecule has 166 valence electrons. The molecular weight excluding hydrogens is 454 g/mol. The van der Waals surface area contributed by atoms with Crippen molar-refractivity contribution in [3.8, 4) is 39.1 Å². The molecule has 6 rings (SSSR count). The molecule has 0 aliphatic carbocycles. The molecule has 8 heteroatoms.